The maximum Gasteiger partial charge on any atom is 0.387 e. The summed E-state index contributed by atoms with van der Waals surface area (Å²) in [6, 6.07) is 6.83. The summed E-state index contributed by atoms with van der Waals surface area (Å²) < 4.78 is 54.4. The van der Waals surface area contributed by atoms with Crippen molar-refractivity contribution >= 4 is 10.0 Å². The minimum Gasteiger partial charge on any atom is -0.434 e. The molecule has 0 saturated carbocycles. The number of piperidine rings is 1. The maximum absolute atomic E-state index is 12.4. The van der Waals surface area contributed by atoms with Crippen molar-refractivity contribution in [3.63, 3.8) is 0 Å². The number of nitrogens with zero attached hydrogens (tertiary/aromatic N) is 1. The number of sulfonamides is 1. The van der Waals surface area contributed by atoms with Crippen LogP contribution in [0, 0.1) is 0 Å². The zero-order valence-electron chi connectivity index (χ0n) is 13.0. The molecular formula is C15H22F2N2O3S. The zero-order valence-corrected chi connectivity index (χ0v) is 13.9. The molecule has 2 rings (SSSR count). The van der Waals surface area contributed by atoms with E-state index in [9.17, 15) is 17.2 Å². The highest BCUT2D eigenvalue weighted by Crippen LogP contribution is 2.21. The number of hydrogen-bond acceptors (Lipinski definition) is 4. The van der Waals surface area contributed by atoms with Gasteiger partial charge in [0.25, 0.3) is 0 Å². The van der Waals surface area contributed by atoms with Gasteiger partial charge in [-0.25, -0.2) is 12.7 Å². The summed E-state index contributed by atoms with van der Waals surface area (Å²) in [5.74, 6) is 0.282. The average Bonchev–Trinajstić information content (AvgIpc) is 2.54. The van der Waals surface area contributed by atoms with E-state index in [1.807, 2.05) is 0 Å². The predicted octanol–water partition coefficient (Wildman–Crippen LogP) is 2.19. The zero-order chi connectivity index (χ0) is 16.9. The van der Waals surface area contributed by atoms with Crippen molar-refractivity contribution in [1.82, 2.24) is 9.62 Å². The number of benzene rings is 1. The Morgan fingerprint density at radius 3 is 2.57 bits per heavy atom. The number of ether oxygens (including phenoxy) is 1. The van der Waals surface area contributed by atoms with E-state index >= 15 is 0 Å². The van der Waals surface area contributed by atoms with E-state index in [2.05, 4.69) is 10.1 Å². The summed E-state index contributed by atoms with van der Waals surface area (Å²) in [5.41, 5.74) is 0.663. The Kier molecular flexibility index (Phi) is 6.32. The molecule has 1 heterocycles. The summed E-state index contributed by atoms with van der Waals surface area (Å²) in [4.78, 5) is 0. The van der Waals surface area contributed by atoms with Crippen molar-refractivity contribution in [3.05, 3.63) is 29.8 Å². The topological polar surface area (TPSA) is 58.6 Å². The van der Waals surface area contributed by atoms with Gasteiger partial charge in [0.2, 0.25) is 10.0 Å². The lowest BCUT2D eigenvalue weighted by molar-refractivity contribution is -0.0505. The van der Waals surface area contributed by atoms with Crippen LogP contribution in [0.4, 0.5) is 8.78 Å². The van der Waals surface area contributed by atoms with Crippen LogP contribution in [-0.2, 0) is 16.6 Å². The molecule has 8 heteroatoms. The number of rotatable bonds is 7. The van der Waals surface area contributed by atoms with Crippen molar-refractivity contribution in [3.8, 4) is 5.75 Å². The molecule has 1 aliphatic heterocycles. The highest BCUT2D eigenvalue weighted by molar-refractivity contribution is 7.89. The molecule has 0 aromatic heterocycles. The molecule has 1 saturated heterocycles. The van der Waals surface area contributed by atoms with Crippen molar-refractivity contribution in [2.75, 3.05) is 18.8 Å². The third-order valence-corrected chi connectivity index (χ3v) is 5.86. The normalized spacial score (nSPS) is 17.6. The van der Waals surface area contributed by atoms with Gasteiger partial charge in [0.05, 0.1) is 5.75 Å². The summed E-state index contributed by atoms with van der Waals surface area (Å²) in [5, 5.41) is 3.30. The first-order valence-electron chi connectivity index (χ1n) is 7.66. The molecule has 1 N–H and O–H groups in total. The van der Waals surface area contributed by atoms with Crippen molar-refractivity contribution in [1.29, 1.82) is 0 Å². The number of para-hydroxylation sites is 1. The molecule has 0 spiro atoms. The maximum atomic E-state index is 12.4. The molecule has 1 aliphatic rings. The molecule has 23 heavy (non-hydrogen) atoms. The van der Waals surface area contributed by atoms with Crippen LogP contribution in [0.5, 0.6) is 5.75 Å². The van der Waals surface area contributed by atoms with E-state index in [0.29, 0.717) is 38.0 Å². The van der Waals surface area contributed by atoms with Gasteiger partial charge < -0.3 is 10.1 Å². The number of hydrogen-bond donors (Lipinski definition) is 1. The third-order valence-electron chi connectivity index (χ3n) is 3.98. The molecule has 1 fully saturated rings. The lowest BCUT2D eigenvalue weighted by atomic mass is 10.1. The largest absolute Gasteiger partial charge is 0.434 e. The lowest BCUT2D eigenvalue weighted by Gasteiger charge is -2.31. The molecule has 0 amide bonds. The van der Waals surface area contributed by atoms with E-state index in [0.717, 1.165) is 0 Å². The summed E-state index contributed by atoms with van der Waals surface area (Å²) >= 11 is 0. The second kappa shape index (κ2) is 8.03. The van der Waals surface area contributed by atoms with E-state index < -0.39 is 16.6 Å². The molecule has 0 radical (unpaired) electrons. The molecule has 0 unspecified atom stereocenters. The standard InChI is InChI=1S/C15H22F2N2O3S/c1-2-23(20,21)19-9-7-13(8-10-19)18-11-12-5-3-4-6-14(12)22-15(16)17/h3-6,13,15,18H,2,7-11H2,1H3. The van der Waals surface area contributed by atoms with Gasteiger partial charge in [-0.05, 0) is 25.8 Å². The van der Waals surface area contributed by atoms with Gasteiger partial charge in [-0.15, -0.1) is 0 Å². The smallest absolute Gasteiger partial charge is 0.387 e. The Labute approximate surface area is 135 Å². The first kappa shape index (κ1) is 18.1. The van der Waals surface area contributed by atoms with Crippen LogP contribution in [-0.4, -0.2) is 44.2 Å². The van der Waals surface area contributed by atoms with Crippen LogP contribution < -0.4 is 10.1 Å². The molecule has 0 bridgehead atoms. The van der Waals surface area contributed by atoms with Crippen molar-refractivity contribution in [2.45, 2.75) is 39.0 Å². The van der Waals surface area contributed by atoms with E-state index in [4.69, 9.17) is 0 Å². The molecule has 1 aromatic rings. The second-order valence-electron chi connectivity index (χ2n) is 5.44. The highest BCUT2D eigenvalue weighted by Gasteiger charge is 2.26. The van der Waals surface area contributed by atoms with E-state index in [-0.39, 0.29) is 17.5 Å². The fourth-order valence-electron chi connectivity index (χ4n) is 2.64. The molecule has 0 atom stereocenters. The van der Waals surface area contributed by atoms with Crippen LogP contribution >= 0.6 is 0 Å². The monoisotopic (exact) mass is 348 g/mol. The highest BCUT2D eigenvalue weighted by atomic mass is 32.2. The summed E-state index contributed by atoms with van der Waals surface area (Å²) in [6.45, 7) is 0.179. The quantitative estimate of drug-likeness (QED) is 0.821. The fraction of sp³-hybridized carbons (Fsp3) is 0.600. The second-order valence-corrected chi connectivity index (χ2v) is 7.70. The third kappa shape index (κ3) is 5.12. The van der Waals surface area contributed by atoms with E-state index in [1.54, 1.807) is 25.1 Å². The van der Waals surface area contributed by atoms with Crippen LogP contribution in [0.15, 0.2) is 24.3 Å². The van der Waals surface area contributed by atoms with Gasteiger partial charge in [0.15, 0.2) is 0 Å². The number of alkyl halides is 2. The Bertz CT molecular complexity index is 602. The van der Waals surface area contributed by atoms with Crippen LogP contribution in [0.2, 0.25) is 0 Å². The van der Waals surface area contributed by atoms with Gasteiger partial charge in [-0.3, -0.25) is 0 Å². The van der Waals surface area contributed by atoms with Crippen LogP contribution in [0.1, 0.15) is 25.3 Å². The van der Waals surface area contributed by atoms with E-state index in [1.165, 1.54) is 10.4 Å². The van der Waals surface area contributed by atoms with Gasteiger partial charge in [0.1, 0.15) is 5.75 Å². The first-order valence-corrected chi connectivity index (χ1v) is 9.27. The summed E-state index contributed by atoms with van der Waals surface area (Å²) in [6.07, 6.45) is 1.41. The molecule has 5 nitrogen and oxygen atoms in total. The first-order chi connectivity index (χ1) is 10.9. The minimum absolute atomic E-state index is 0.115. The van der Waals surface area contributed by atoms with Crippen molar-refractivity contribution in [2.24, 2.45) is 0 Å². The van der Waals surface area contributed by atoms with Crippen LogP contribution in [0.3, 0.4) is 0 Å². The van der Waals surface area contributed by atoms with Gasteiger partial charge in [-0.1, -0.05) is 18.2 Å². The molecule has 1 aromatic carbocycles. The average molecular weight is 348 g/mol. The number of halogens is 2. The van der Waals surface area contributed by atoms with Crippen molar-refractivity contribution < 1.29 is 21.9 Å². The fourth-order valence-corrected chi connectivity index (χ4v) is 3.77. The summed E-state index contributed by atoms with van der Waals surface area (Å²) in [7, 11) is -3.13. The predicted molar refractivity (Wildman–Crippen MR) is 84.0 cm³/mol. The Hall–Kier alpha value is -1.25. The van der Waals surface area contributed by atoms with Gasteiger partial charge in [-0.2, -0.15) is 8.78 Å². The van der Waals surface area contributed by atoms with Crippen LogP contribution in [0.25, 0.3) is 0 Å². The SMILES string of the molecule is CCS(=O)(=O)N1CCC(NCc2ccccc2OC(F)F)CC1. The molecule has 130 valence electrons. The number of nitrogens with one attached hydrogen (secondary N) is 1. The Morgan fingerprint density at radius 2 is 1.96 bits per heavy atom. The van der Waals surface area contributed by atoms with Gasteiger partial charge in [0, 0.05) is 31.2 Å². The molecular weight excluding hydrogens is 326 g/mol. The Balaban J connectivity index is 1.87. The molecule has 0 aliphatic carbocycles. The van der Waals surface area contributed by atoms with Gasteiger partial charge >= 0.3 is 6.61 Å². The lowest BCUT2D eigenvalue weighted by Crippen LogP contribution is -2.45. The Morgan fingerprint density at radius 1 is 1.30 bits per heavy atom. The minimum atomic E-state index is -3.13.